The lowest BCUT2D eigenvalue weighted by Crippen LogP contribution is -2.28. The molecule has 0 saturated carbocycles. The zero-order chi connectivity index (χ0) is 13.1. The van der Waals surface area contributed by atoms with Crippen LogP contribution in [0.4, 0.5) is 5.82 Å². The lowest BCUT2D eigenvalue weighted by atomic mass is 10.2. The summed E-state index contributed by atoms with van der Waals surface area (Å²) in [5.74, 6) is 0.200. The normalized spacial score (nSPS) is 27.6. The van der Waals surface area contributed by atoms with Crippen molar-refractivity contribution in [2.45, 2.75) is 24.9 Å². The Hall–Kier alpha value is -1.44. The maximum atomic E-state index is 11.7. The van der Waals surface area contributed by atoms with Gasteiger partial charge in [-0.25, -0.2) is 4.79 Å². The van der Waals surface area contributed by atoms with Gasteiger partial charge in [0.15, 0.2) is 0 Å². The molecule has 100 valence electrons. The van der Waals surface area contributed by atoms with Crippen LogP contribution in [0.15, 0.2) is 17.1 Å². The summed E-state index contributed by atoms with van der Waals surface area (Å²) in [5.41, 5.74) is 5.02. The van der Waals surface area contributed by atoms with Gasteiger partial charge in [0.2, 0.25) is 0 Å². The van der Waals surface area contributed by atoms with Gasteiger partial charge in [-0.15, -0.1) is 0 Å². The van der Waals surface area contributed by atoms with Crippen LogP contribution in [0.5, 0.6) is 0 Å². The number of nitrogens with two attached hydrogens (primary N) is 1. The van der Waals surface area contributed by atoms with Crippen molar-refractivity contribution >= 4 is 5.82 Å². The van der Waals surface area contributed by atoms with Gasteiger partial charge in [-0.2, -0.15) is 4.98 Å². The van der Waals surface area contributed by atoms with Gasteiger partial charge in [-0.1, -0.05) is 0 Å². The summed E-state index contributed by atoms with van der Waals surface area (Å²) in [4.78, 5) is 15.4. The van der Waals surface area contributed by atoms with Gasteiger partial charge in [-0.05, 0) is 6.07 Å². The van der Waals surface area contributed by atoms with Gasteiger partial charge >= 0.3 is 5.69 Å². The maximum absolute atomic E-state index is 11.7. The van der Waals surface area contributed by atoms with Crippen molar-refractivity contribution in [2.75, 3.05) is 26.6 Å². The van der Waals surface area contributed by atoms with Crippen LogP contribution in [-0.4, -0.2) is 42.6 Å². The second-order valence-electron chi connectivity index (χ2n) is 4.14. The first kappa shape index (κ1) is 13.0. The minimum Gasteiger partial charge on any atom is -0.383 e. The molecule has 0 aliphatic carbocycles. The molecule has 1 aliphatic rings. The monoisotopic (exact) mass is 255 g/mol. The third-order valence-electron chi connectivity index (χ3n) is 2.98. The molecule has 0 radical (unpaired) electrons. The molecule has 2 N–H and O–H groups in total. The number of nitrogen functional groups attached to an aromatic ring is 1. The van der Waals surface area contributed by atoms with E-state index in [2.05, 4.69) is 4.98 Å². The van der Waals surface area contributed by atoms with E-state index in [1.807, 2.05) is 0 Å². The number of hydrogen-bond acceptors (Lipinski definition) is 6. The highest BCUT2D eigenvalue weighted by Crippen LogP contribution is 2.29. The Labute approximate surface area is 104 Å². The first-order valence-corrected chi connectivity index (χ1v) is 5.67. The van der Waals surface area contributed by atoms with E-state index in [0.717, 1.165) is 0 Å². The fourth-order valence-corrected chi connectivity index (χ4v) is 2.08. The van der Waals surface area contributed by atoms with Crippen molar-refractivity contribution in [1.29, 1.82) is 0 Å². The Kier molecular flexibility index (Phi) is 3.95. The van der Waals surface area contributed by atoms with Crippen LogP contribution in [0.25, 0.3) is 0 Å². The molecule has 1 aromatic rings. The largest absolute Gasteiger partial charge is 0.383 e. The molecule has 0 spiro atoms. The molecular weight excluding hydrogens is 238 g/mol. The Morgan fingerprint density at radius 1 is 1.61 bits per heavy atom. The van der Waals surface area contributed by atoms with Crippen LogP contribution in [0.1, 0.15) is 12.6 Å². The summed E-state index contributed by atoms with van der Waals surface area (Å²) in [7, 11) is 3.21. The first-order valence-electron chi connectivity index (χ1n) is 5.67. The topological polar surface area (TPSA) is 88.6 Å². The molecule has 2 rings (SSSR count). The molecule has 2 heterocycles. The van der Waals surface area contributed by atoms with E-state index in [1.165, 1.54) is 4.57 Å². The summed E-state index contributed by atoms with van der Waals surface area (Å²) in [6.07, 6.45) is 1.48. The molecule has 1 saturated heterocycles. The average molecular weight is 255 g/mol. The Bertz CT molecular complexity index is 462. The highest BCUT2D eigenvalue weighted by atomic mass is 16.6. The molecule has 7 nitrogen and oxygen atoms in total. The summed E-state index contributed by atoms with van der Waals surface area (Å²) < 4.78 is 17.5. The highest BCUT2D eigenvalue weighted by Gasteiger charge is 2.36. The summed E-state index contributed by atoms with van der Waals surface area (Å²) in [6.45, 7) is 0.423. The smallest absolute Gasteiger partial charge is 0.351 e. The minimum atomic E-state index is -0.423. The minimum absolute atomic E-state index is 0.0978. The van der Waals surface area contributed by atoms with Gasteiger partial charge in [-0.3, -0.25) is 4.57 Å². The molecule has 0 aromatic carbocycles. The molecule has 7 heteroatoms. The number of nitrogens with zero attached hydrogens (tertiary/aromatic N) is 2. The van der Waals surface area contributed by atoms with E-state index in [4.69, 9.17) is 19.9 Å². The van der Waals surface area contributed by atoms with Crippen LogP contribution in [0.2, 0.25) is 0 Å². The molecule has 0 amide bonds. The van der Waals surface area contributed by atoms with E-state index in [1.54, 1.807) is 26.5 Å². The zero-order valence-corrected chi connectivity index (χ0v) is 10.4. The number of methoxy groups -OCH3 is 2. The average Bonchev–Trinajstić information content (AvgIpc) is 2.72. The summed E-state index contributed by atoms with van der Waals surface area (Å²) in [6, 6.07) is 1.57. The number of hydrogen-bond donors (Lipinski definition) is 1. The van der Waals surface area contributed by atoms with Gasteiger partial charge in [0.1, 0.15) is 18.1 Å². The van der Waals surface area contributed by atoms with Crippen LogP contribution in [0.3, 0.4) is 0 Å². The third-order valence-corrected chi connectivity index (χ3v) is 2.98. The van der Waals surface area contributed by atoms with Gasteiger partial charge in [0.05, 0.1) is 12.7 Å². The van der Waals surface area contributed by atoms with E-state index in [9.17, 15) is 4.79 Å². The van der Waals surface area contributed by atoms with E-state index >= 15 is 0 Å². The van der Waals surface area contributed by atoms with Crippen molar-refractivity contribution in [3.8, 4) is 0 Å². The van der Waals surface area contributed by atoms with E-state index in [-0.39, 0.29) is 18.0 Å². The maximum Gasteiger partial charge on any atom is 0.351 e. The standard InChI is InChI=1S/C11H17N3O4/c1-16-6-8-7(17-2)5-10(18-8)14-4-3-9(12)13-11(14)15/h3-4,7-8,10H,5-6H2,1-2H3,(H2,12,13,15)/t7-,8+,10+/m0/s1. The molecule has 3 atom stereocenters. The lowest BCUT2D eigenvalue weighted by Gasteiger charge is -2.16. The van der Waals surface area contributed by atoms with Crippen molar-refractivity contribution in [3.05, 3.63) is 22.7 Å². The van der Waals surface area contributed by atoms with Crippen LogP contribution >= 0.6 is 0 Å². The second-order valence-corrected chi connectivity index (χ2v) is 4.14. The predicted octanol–water partition coefficient (Wildman–Crippen LogP) is -0.226. The zero-order valence-electron chi connectivity index (χ0n) is 10.4. The summed E-state index contributed by atoms with van der Waals surface area (Å²) >= 11 is 0. The number of ether oxygens (including phenoxy) is 3. The van der Waals surface area contributed by atoms with Gasteiger partial charge < -0.3 is 19.9 Å². The van der Waals surface area contributed by atoms with Crippen molar-refractivity contribution in [1.82, 2.24) is 9.55 Å². The van der Waals surface area contributed by atoms with Crippen molar-refractivity contribution < 1.29 is 14.2 Å². The third kappa shape index (κ3) is 2.53. The van der Waals surface area contributed by atoms with Crippen LogP contribution in [0, 0.1) is 0 Å². The molecule has 18 heavy (non-hydrogen) atoms. The van der Waals surface area contributed by atoms with Gasteiger partial charge in [0, 0.05) is 26.8 Å². The molecule has 1 aliphatic heterocycles. The SMILES string of the molecule is COC[C@H]1O[C@@H](n2ccc(N)nc2=O)C[C@@H]1OC. The molecular formula is C11H17N3O4. The first-order chi connectivity index (χ1) is 8.65. The van der Waals surface area contributed by atoms with E-state index < -0.39 is 11.9 Å². The Morgan fingerprint density at radius 3 is 3.00 bits per heavy atom. The molecule has 1 fully saturated rings. The molecule has 0 bridgehead atoms. The number of rotatable bonds is 4. The fraction of sp³-hybridized carbons (Fsp3) is 0.636. The second kappa shape index (κ2) is 5.47. The fourth-order valence-electron chi connectivity index (χ4n) is 2.08. The Balaban J connectivity index is 2.18. The van der Waals surface area contributed by atoms with Crippen LogP contribution < -0.4 is 11.4 Å². The molecule has 1 aromatic heterocycles. The van der Waals surface area contributed by atoms with Crippen molar-refractivity contribution in [2.24, 2.45) is 0 Å². The quantitative estimate of drug-likeness (QED) is 0.799. The van der Waals surface area contributed by atoms with Crippen molar-refractivity contribution in [3.63, 3.8) is 0 Å². The predicted molar refractivity (Wildman–Crippen MR) is 64.1 cm³/mol. The Morgan fingerprint density at radius 2 is 2.39 bits per heavy atom. The summed E-state index contributed by atoms with van der Waals surface area (Å²) in [5, 5.41) is 0. The molecule has 0 unspecified atom stereocenters. The number of aromatic nitrogens is 2. The lowest BCUT2D eigenvalue weighted by molar-refractivity contribution is -0.0617. The van der Waals surface area contributed by atoms with Gasteiger partial charge in [0.25, 0.3) is 0 Å². The highest BCUT2D eigenvalue weighted by molar-refractivity contribution is 5.23. The van der Waals surface area contributed by atoms with E-state index in [0.29, 0.717) is 13.0 Å². The number of anilines is 1. The van der Waals surface area contributed by atoms with Crippen LogP contribution in [-0.2, 0) is 14.2 Å².